The van der Waals surface area contributed by atoms with Crippen LogP contribution in [0.1, 0.15) is 77.2 Å². The number of unbranched alkanes of at least 4 members (excludes halogenated alkanes) is 4. The van der Waals surface area contributed by atoms with Crippen molar-refractivity contribution in [3.63, 3.8) is 0 Å². The molecule has 7 heteroatoms. The van der Waals surface area contributed by atoms with E-state index in [0.717, 1.165) is 49.8 Å². The second-order valence-corrected chi connectivity index (χ2v) is 8.12. The minimum atomic E-state index is -2.31. The topological polar surface area (TPSA) is 121 Å². The van der Waals surface area contributed by atoms with Gasteiger partial charge in [-0.1, -0.05) is 63.6 Å². The smallest absolute Gasteiger partial charge is 0.321 e. The van der Waals surface area contributed by atoms with Crippen LogP contribution in [-0.2, 0) is 20.8 Å². The summed E-state index contributed by atoms with van der Waals surface area (Å²) in [6, 6.07) is 7.66. The summed E-state index contributed by atoms with van der Waals surface area (Å²) in [6.07, 6.45) is 6.09. The van der Waals surface area contributed by atoms with Crippen molar-refractivity contribution in [1.82, 2.24) is 0 Å². The minimum absolute atomic E-state index is 0.0371. The fraction of sp³-hybridized carbons (Fsp3) is 0.625. The van der Waals surface area contributed by atoms with E-state index in [9.17, 15) is 24.6 Å². The first-order valence-electron chi connectivity index (χ1n) is 11.2. The van der Waals surface area contributed by atoms with Crippen molar-refractivity contribution in [3.8, 4) is 5.75 Å². The number of carbonyl (C=O) groups is 3. The monoisotopic (exact) mass is 436 g/mol. The van der Waals surface area contributed by atoms with Crippen LogP contribution < -0.4 is 4.74 Å². The molecule has 0 radical (unpaired) electrons. The number of hydrogen-bond acceptors (Lipinski definition) is 4. The molecule has 0 aliphatic rings. The highest BCUT2D eigenvalue weighted by Gasteiger charge is 2.48. The summed E-state index contributed by atoms with van der Waals surface area (Å²) in [7, 11) is 0. The molecule has 174 valence electrons. The van der Waals surface area contributed by atoms with E-state index >= 15 is 0 Å². The van der Waals surface area contributed by atoms with E-state index < -0.39 is 29.7 Å². The molecular weight excluding hydrogens is 400 g/mol. The van der Waals surface area contributed by atoms with Crippen molar-refractivity contribution >= 4 is 17.9 Å². The van der Waals surface area contributed by atoms with Crippen LogP contribution in [0.2, 0.25) is 0 Å². The third kappa shape index (κ3) is 8.59. The quantitative estimate of drug-likeness (QED) is 0.232. The lowest BCUT2D eigenvalue weighted by atomic mass is 9.76. The van der Waals surface area contributed by atoms with Crippen molar-refractivity contribution in [3.05, 3.63) is 29.8 Å². The van der Waals surface area contributed by atoms with Gasteiger partial charge in [0, 0.05) is 0 Å². The molecule has 0 aromatic heterocycles. The van der Waals surface area contributed by atoms with Crippen LogP contribution in [0.25, 0.3) is 0 Å². The zero-order chi connectivity index (χ0) is 23.3. The van der Waals surface area contributed by atoms with E-state index in [1.165, 1.54) is 0 Å². The molecule has 1 atom stereocenters. The first kappa shape index (κ1) is 26.5. The van der Waals surface area contributed by atoms with Gasteiger partial charge in [-0.2, -0.15) is 0 Å². The summed E-state index contributed by atoms with van der Waals surface area (Å²) in [6.45, 7) is 4.58. The molecular formula is C24H36O7. The number of hydrogen-bond donors (Lipinski definition) is 3. The van der Waals surface area contributed by atoms with Gasteiger partial charge in [-0.15, -0.1) is 0 Å². The molecule has 1 aromatic rings. The highest BCUT2D eigenvalue weighted by Crippen LogP contribution is 2.34. The molecule has 3 N–H and O–H groups in total. The lowest BCUT2D eigenvalue weighted by molar-refractivity contribution is -0.170. The van der Waals surface area contributed by atoms with Crippen LogP contribution in [0.5, 0.6) is 5.75 Å². The van der Waals surface area contributed by atoms with Crippen LogP contribution in [0.15, 0.2) is 24.3 Å². The van der Waals surface area contributed by atoms with Gasteiger partial charge >= 0.3 is 17.9 Å². The van der Waals surface area contributed by atoms with Gasteiger partial charge in [0.05, 0.1) is 13.0 Å². The van der Waals surface area contributed by atoms with Crippen LogP contribution >= 0.6 is 0 Å². The predicted octanol–water partition coefficient (Wildman–Crippen LogP) is 5.02. The third-order valence-corrected chi connectivity index (χ3v) is 5.75. The molecule has 0 aliphatic heterocycles. The fourth-order valence-electron chi connectivity index (χ4n) is 3.92. The van der Waals surface area contributed by atoms with Crippen LogP contribution in [-0.4, -0.2) is 39.8 Å². The lowest BCUT2D eigenvalue weighted by Gasteiger charge is -2.26. The standard InChI is InChI=1S/C24H36O7/c1-3-5-6-7-8-11-18(16-19-12-9-10-13-20(19)31-4-2)14-15-24(22(27)28,23(29)30)17-21(25)26/h9-10,12-13,18H,3-8,11,14-17H2,1-2H3,(H,25,26)(H,27,28)(H,29,30). The molecule has 0 saturated carbocycles. The Morgan fingerprint density at radius 3 is 2.16 bits per heavy atom. The highest BCUT2D eigenvalue weighted by molar-refractivity contribution is 6.01. The zero-order valence-electron chi connectivity index (χ0n) is 18.6. The largest absolute Gasteiger partial charge is 0.494 e. The molecule has 0 amide bonds. The van der Waals surface area contributed by atoms with E-state index in [-0.39, 0.29) is 12.3 Å². The number of ether oxygens (including phenoxy) is 1. The van der Waals surface area contributed by atoms with Gasteiger partial charge in [-0.25, -0.2) is 0 Å². The first-order chi connectivity index (χ1) is 14.8. The van der Waals surface area contributed by atoms with Gasteiger partial charge in [0.15, 0.2) is 5.41 Å². The Morgan fingerprint density at radius 1 is 0.935 bits per heavy atom. The second-order valence-electron chi connectivity index (χ2n) is 8.12. The van der Waals surface area contributed by atoms with Crippen LogP contribution in [0.4, 0.5) is 0 Å². The molecule has 1 rings (SSSR count). The van der Waals surface area contributed by atoms with Gasteiger partial charge in [0.1, 0.15) is 5.75 Å². The van der Waals surface area contributed by atoms with Crippen molar-refractivity contribution < 1.29 is 34.4 Å². The molecule has 31 heavy (non-hydrogen) atoms. The maximum absolute atomic E-state index is 11.8. The molecule has 1 unspecified atom stereocenters. The summed E-state index contributed by atoms with van der Waals surface area (Å²) in [4.78, 5) is 34.8. The zero-order valence-corrected chi connectivity index (χ0v) is 18.6. The van der Waals surface area contributed by atoms with Crippen molar-refractivity contribution in [2.75, 3.05) is 6.61 Å². The Kier molecular flexibility index (Phi) is 11.7. The Labute approximate surface area is 184 Å². The number of benzene rings is 1. The van der Waals surface area contributed by atoms with Gasteiger partial charge in [-0.3, -0.25) is 14.4 Å². The Hall–Kier alpha value is -2.57. The second kappa shape index (κ2) is 13.7. The highest BCUT2D eigenvalue weighted by atomic mass is 16.5. The van der Waals surface area contributed by atoms with Crippen molar-refractivity contribution in [2.24, 2.45) is 11.3 Å². The van der Waals surface area contributed by atoms with Gasteiger partial charge in [-0.05, 0) is 43.7 Å². The summed E-state index contributed by atoms with van der Waals surface area (Å²) in [5.74, 6) is -3.82. The van der Waals surface area contributed by atoms with Gasteiger partial charge in [0.25, 0.3) is 0 Å². The number of aliphatic carboxylic acids is 3. The Balaban J connectivity index is 3.00. The molecule has 0 spiro atoms. The number of rotatable bonds is 17. The fourth-order valence-corrected chi connectivity index (χ4v) is 3.92. The molecule has 0 heterocycles. The van der Waals surface area contributed by atoms with Gasteiger partial charge < -0.3 is 20.1 Å². The molecule has 0 aliphatic carbocycles. The SMILES string of the molecule is CCCCCCCC(CCC(CC(=O)O)(C(=O)O)C(=O)O)Cc1ccccc1OCC. The average Bonchev–Trinajstić information content (AvgIpc) is 2.71. The number of para-hydroxylation sites is 1. The summed E-state index contributed by atoms with van der Waals surface area (Å²) >= 11 is 0. The maximum Gasteiger partial charge on any atom is 0.321 e. The summed E-state index contributed by atoms with van der Waals surface area (Å²) < 4.78 is 5.70. The summed E-state index contributed by atoms with van der Waals surface area (Å²) in [5.41, 5.74) is -1.32. The van der Waals surface area contributed by atoms with Crippen LogP contribution in [0, 0.1) is 11.3 Å². The molecule has 0 bridgehead atoms. The molecule has 7 nitrogen and oxygen atoms in total. The number of carboxylic acid groups (broad SMARTS) is 3. The lowest BCUT2D eigenvalue weighted by Crippen LogP contribution is -2.41. The van der Waals surface area contributed by atoms with Crippen molar-refractivity contribution in [1.29, 1.82) is 0 Å². The van der Waals surface area contributed by atoms with E-state index in [1.54, 1.807) is 0 Å². The average molecular weight is 437 g/mol. The maximum atomic E-state index is 11.8. The molecule has 1 aromatic carbocycles. The normalized spacial score (nSPS) is 12.3. The Bertz CT molecular complexity index is 700. The van der Waals surface area contributed by atoms with Crippen molar-refractivity contribution in [2.45, 2.75) is 78.1 Å². The van der Waals surface area contributed by atoms with E-state index in [0.29, 0.717) is 19.4 Å². The van der Waals surface area contributed by atoms with E-state index in [1.807, 2.05) is 31.2 Å². The summed E-state index contributed by atoms with van der Waals surface area (Å²) in [5, 5.41) is 28.3. The van der Waals surface area contributed by atoms with Crippen LogP contribution in [0.3, 0.4) is 0 Å². The molecule has 0 saturated heterocycles. The number of carboxylic acids is 3. The third-order valence-electron chi connectivity index (χ3n) is 5.75. The Morgan fingerprint density at radius 2 is 1.58 bits per heavy atom. The minimum Gasteiger partial charge on any atom is -0.494 e. The van der Waals surface area contributed by atoms with Gasteiger partial charge in [0.2, 0.25) is 0 Å². The predicted molar refractivity (Wildman–Crippen MR) is 117 cm³/mol. The first-order valence-corrected chi connectivity index (χ1v) is 11.2. The molecule has 0 fully saturated rings. The van der Waals surface area contributed by atoms with E-state index in [2.05, 4.69) is 6.92 Å². The van der Waals surface area contributed by atoms with E-state index in [4.69, 9.17) is 9.84 Å².